The number of carbonyl (C=O) groups is 2. The Morgan fingerprint density at radius 3 is 1.59 bits per heavy atom. The van der Waals surface area contributed by atoms with Gasteiger partial charge in [-0.1, -0.05) is 134 Å². The number of ether oxygens (including phenoxy) is 1. The van der Waals surface area contributed by atoms with E-state index in [-0.39, 0.29) is 18.5 Å². The first kappa shape index (κ1) is 39.2. The molecule has 4 heteroatoms. The van der Waals surface area contributed by atoms with E-state index in [1.807, 2.05) is 0 Å². The molecule has 0 radical (unpaired) electrons. The second kappa shape index (κ2) is 32.7. The van der Waals surface area contributed by atoms with Gasteiger partial charge >= 0.3 is 11.9 Å². The molecule has 0 saturated carbocycles. The number of aliphatic carboxylic acids is 1. The van der Waals surface area contributed by atoms with Gasteiger partial charge in [-0.3, -0.25) is 9.59 Å². The molecule has 1 N–H and O–H groups in total. The van der Waals surface area contributed by atoms with E-state index >= 15 is 0 Å². The Kier molecular flexibility index (Phi) is 31.2. The van der Waals surface area contributed by atoms with Crippen molar-refractivity contribution in [3.63, 3.8) is 0 Å². The molecule has 0 aliphatic carbocycles. The van der Waals surface area contributed by atoms with E-state index in [0.29, 0.717) is 6.42 Å². The fourth-order valence-electron chi connectivity index (χ4n) is 5.08. The molecule has 4 nitrogen and oxygen atoms in total. The molecule has 0 amide bonds. The van der Waals surface area contributed by atoms with Gasteiger partial charge in [0, 0.05) is 12.8 Å². The zero-order valence-corrected chi connectivity index (χ0v) is 27.1. The highest BCUT2D eigenvalue weighted by molar-refractivity contribution is 5.69. The fraction of sp³-hybridized carbons (Fsp3) is 0.784. The van der Waals surface area contributed by atoms with Gasteiger partial charge < -0.3 is 9.84 Å². The Hall–Kier alpha value is -1.84. The molecule has 0 aliphatic rings. The van der Waals surface area contributed by atoms with Gasteiger partial charge in [0.25, 0.3) is 0 Å². The van der Waals surface area contributed by atoms with Crippen LogP contribution in [0.4, 0.5) is 0 Å². The zero-order valence-electron chi connectivity index (χ0n) is 27.1. The van der Waals surface area contributed by atoms with E-state index in [4.69, 9.17) is 9.84 Å². The predicted octanol–water partition coefficient (Wildman–Crippen LogP) is 11.8. The van der Waals surface area contributed by atoms with Crippen molar-refractivity contribution in [3.05, 3.63) is 36.5 Å². The number of carbonyl (C=O) groups excluding carboxylic acids is 1. The number of hydrogen-bond donors (Lipinski definition) is 1. The van der Waals surface area contributed by atoms with Crippen LogP contribution in [0.5, 0.6) is 0 Å². The minimum absolute atomic E-state index is 0.0244. The first-order chi connectivity index (χ1) is 20.1. The van der Waals surface area contributed by atoms with Crippen LogP contribution in [0.3, 0.4) is 0 Å². The molecular formula is C37H66O4. The van der Waals surface area contributed by atoms with Crippen molar-refractivity contribution in [2.75, 3.05) is 0 Å². The fourth-order valence-corrected chi connectivity index (χ4v) is 5.08. The quantitative estimate of drug-likeness (QED) is 0.0508. The van der Waals surface area contributed by atoms with Crippen LogP contribution in [0.2, 0.25) is 0 Å². The molecule has 0 aromatic heterocycles. The largest absolute Gasteiger partial charge is 0.481 e. The van der Waals surface area contributed by atoms with E-state index in [0.717, 1.165) is 77.0 Å². The Labute approximate surface area is 254 Å². The summed E-state index contributed by atoms with van der Waals surface area (Å²) in [7, 11) is 0. The van der Waals surface area contributed by atoms with Gasteiger partial charge in [-0.2, -0.15) is 0 Å². The van der Waals surface area contributed by atoms with Crippen molar-refractivity contribution in [2.45, 2.75) is 187 Å². The van der Waals surface area contributed by atoms with Crippen molar-refractivity contribution in [3.8, 4) is 0 Å². The van der Waals surface area contributed by atoms with Crippen molar-refractivity contribution in [1.29, 1.82) is 0 Å². The second-order valence-electron chi connectivity index (χ2n) is 11.7. The van der Waals surface area contributed by atoms with Crippen LogP contribution in [-0.2, 0) is 14.3 Å². The molecule has 0 saturated heterocycles. The van der Waals surface area contributed by atoms with E-state index < -0.39 is 5.97 Å². The van der Waals surface area contributed by atoms with Crippen LogP contribution in [0, 0.1) is 0 Å². The molecule has 0 aromatic rings. The molecule has 0 spiro atoms. The highest BCUT2D eigenvalue weighted by Gasteiger charge is 2.14. The molecule has 0 aromatic carbocycles. The van der Waals surface area contributed by atoms with Gasteiger partial charge in [0.1, 0.15) is 6.10 Å². The maximum atomic E-state index is 12.5. The van der Waals surface area contributed by atoms with Gasteiger partial charge in [0.05, 0.1) is 0 Å². The minimum Gasteiger partial charge on any atom is -0.481 e. The molecule has 1 atom stereocenters. The lowest BCUT2D eigenvalue weighted by atomic mass is 10.0. The van der Waals surface area contributed by atoms with E-state index in [1.165, 1.54) is 77.0 Å². The Morgan fingerprint density at radius 2 is 1.02 bits per heavy atom. The zero-order chi connectivity index (χ0) is 30.1. The van der Waals surface area contributed by atoms with Gasteiger partial charge in [-0.15, -0.1) is 0 Å². The minimum atomic E-state index is -0.714. The SMILES string of the molecule is CC/C=C\C/C=C\C/C=C\CCCCCCCCCCCC(=O)OC(CCCCCCC)CCCCCCC(=O)O. The summed E-state index contributed by atoms with van der Waals surface area (Å²) in [6, 6.07) is 0. The smallest absolute Gasteiger partial charge is 0.306 e. The van der Waals surface area contributed by atoms with Crippen LogP contribution >= 0.6 is 0 Å². The highest BCUT2D eigenvalue weighted by atomic mass is 16.5. The van der Waals surface area contributed by atoms with Crippen molar-refractivity contribution < 1.29 is 19.4 Å². The third-order valence-electron chi connectivity index (χ3n) is 7.63. The normalized spacial score (nSPS) is 12.6. The lowest BCUT2D eigenvalue weighted by Gasteiger charge is -2.18. The average Bonchev–Trinajstić information content (AvgIpc) is 2.95. The van der Waals surface area contributed by atoms with Crippen LogP contribution in [-0.4, -0.2) is 23.1 Å². The van der Waals surface area contributed by atoms with Crippen LogP contribution < -0.4 is 0 Å². The molecule has 41 heavy (non-hydrogen) atoms. The monoisotopic (exact) mass is 574 g/mol. The number of unbranched alkanes of at least 4 members (excludes halogenated alkanes) is 16. The Balaban J connectivity index is 3.79. The van der Waals surface area contributed by atoms with Gasteiger partial charge in [-0.05, 0) is 70.6 Å². The number of hydrogen-bond acceptors (Lipinski definition) is 3. The molecular weight excluding hydrogens is 508 g/mol. The molecule has 0 fully saturated rings. The van der Waals surface area contributed by atoms with Gasteiger partial charge in [0.2, 0.25) is 0 Å². The summed E-state index contributed by atoms with van der Waals surface area (Å²) in [6.07, 6.45) is 41.7. The lowest BCUT2D eigenvalue weighted by molar-refractivity contribution is -0.150. The standard InChI is InChI=1S/C37H66O4/c1-3-5-7-9-10-11-12-13-14-15-16-17-18-19-20-21-22-24-30-34-37(40)41-35(31-27-23-8-6-4-2)32-28-25-26-29-33-36(38)39/h5,7,10-11,13-14,35H,3-4,6,8-9,12,15-34H2,1-2H3,(H,38,39)/b7-5-,11-10-,14-13-. The van der Waals surface area contributed by atoms with Gasteiger partial charge in [-0.25, -0.2) is 0 Å². The summed E-state index contributed by atoms with van der Waals surface area (Å²) in [5.74, 6) is -0.739. The number of esters is 1. The van der Waals surface area contributed by atoms with Crippen molar-refractivity contribution in [1.82, 2.24) is 0 Å². The number of rotatable bonds is 31. The molecule has 0 bridgehead atoms. The summed E-state index contributed by atoms with van der Waals surface area (Å²) in [6.45, 7) is 4.39. The highest BCUT2D eigenvalue weighted by Crippen LogP contribution is 2.18. The van der Waals surface area contributed by atoms with E-state index in [9.17, 15) is 9.59 Å². The van der Waals surface area contributed by atoms with Crippen molar-refractivity contribution in [2.24, 2.45) is 0 Å². The predicted molar refractivity (Wildman–Crippen MR) is 176 cm³/mol. The number of carboxylic acids is 1. The topological polar surface area (TPSA) is 63.6 Å². The maximum Gasteiger partial charge on any atom is 0.306 e. The summed E-state index contributed by atoms with van der Waals surface area (Å²) < 4.78 is 5.90. The molecule has 0 heterocycles. The Bertz CT molecular complexity index is 664. The first-order valence-electron chi connectivity index (χ1n) is 17.5. The molecule has 0 aliphatic heterocycles. The summed E-state index contributed by atoms with van der Waals surface area (Å²) >= 11 is 0. The molecule has 1 unspecified atom stereocenters. The first-order valence-corrected chi connectivity index (χ1v) is 17.5. The number of allylic oxidation sites excluding steroid dienone is 6. The third-order valence-corrected chi connectivity index (χ3v) is 7.63. The van der Waals surface area contributed by atoms with E-state index in [2.05, 4.69) is 50.3 Å². The number of carboxylic acid groups (broad SMARTS) is 1. The van der Waals surface area contributed by atoms with Crippen LogP contribution in [0.1, 0.15) is 181 Å². The molecule has 238 valence electrons. The second-order valence-corrected chi connectivity index (χ2v) is 11.7. The van der Waals surface area contributed by atoms with E-state index in [1.54, 1.807) is 0 Å². The van der Waals surface area contributed by atoms with Gasteiger partial charge in [0.15, 0.2) is 0 Å². The summed E-state index contributed by atoms with van der Waals surface area (Å²) in [5, 5.41) is 8.78. The van der Waals surface area contributed by atoms with Crippen molar-refractivity contribution >= 4 is 11.9 Å². The average molecular weight is 575 g/mol. The van der Waals surface area contributed by atoms with Crippen LogP contribution in [0.15, 0.2) is 36.5 Å². The third kappa shape index (κ3) is 32.5. The Morgan fingerprint density at radius 1 is 0.561 bits per heavy atom. The summed E-state index contributed by atoms with van der Waals surface area (Å²) in [4.78, 5) is 23.1. The summed E-state index contributed by atoms with van der Waals surface area (Å²) in [5.41, 5.74) is 0. The molecule has 0 rings (SSSR count). The lowest BCUT2D eigenvalue weighted by Crippen LogP contribution is -2.18. The maximum absolute atomic E-state index is 12.5. The van der Waals surface area contributed by atoms with Crippen LogP contribution in [0.25, 0.3) is 0 Å².